The molecular formula is C62H68N4OPt. The number of rotatable bonds is 7. The molecule has 0 atom stereocenters. The van der Waals surface area contributed by atoms with Gasteiger partial charge in [0.2, 0.25) is 0 Å². The summed E-state index contributed by atoms with van der Waals surface area (Å²) in [5.41, 5.74) is 13.2. The van der Waals surface area contributed by atoms with Gasteiger partial charge in [0.25, 0.3) is 0 Å². The van der Waals surface area contributed by atoms with Crippen molar-refractivity contribution in [2.45, 2.75) is 124 Å². The van der Waals surface area contributed by atoms with E-state index < -0.39 is 0 Å². The van der Waals surface area contributed by atoms with E-state index in [-0.39, 0.29) is 55.6 Å². The van der Waals surface area contributed by atoms with E-state index >= 15 is 0 Å². The summed E-state index contributed by atoms with van der Waals surface area (Å²) in [7, 11) is 0. The number of fused-ring (bicyclic) bond motifs is 4. The van der Waals surface area contributed by atoms with Crippen molar-refractivity contribution in [2.24, 2.45) is 0 Å². The molecule has 0 radical (unpaired) electrons. The van der Waals surface area contributed by atoms with Gasteiger partial charge in [0.1, 0.15) is 5.82 Å². The number of aromatic nitrogens is 2. The molecule has 0 aliphatic carbocycles. The minimum absolute atomic E-state index is 0. The Kier molecular flexibility index (Phi) is 13.3. The molecular weight excluding hydrogens is 1010 g/mol. The molecule has 2 aromatic heterocycles. The topological polar surface area (TPSA) is 33.5 Å². The first-order valence-corrected chi connectivity index (χ1v) is 23.4. The number of pyridine rings is 1. The van der Waals surface area contributed by atoms with Crippen LogP contribution in [0.2, 0.25) is 0 Å². The van der Waals surface area contributed by atoms with Crippen molar-refractivity contribution >= 4 is 44.6 Å². The van der Waals surface area contributed by atoms with Gasteiger partial charge in [-0.25, -0.2) is 4.98 Å². The molecule has 0 fully saturated rings. The number of para-hydroxylation sites is 1. The SMILES string of the molecule is CC(C)(C)c1cc(Oc2[c-]c3c(cc2)c2ccccc2n3-c2cc(C(C)(C)C)ccn2)[c-]c(N2[CH-]N(c3cc(C(C)(C)C)cc(C(C)(C)C)c3)c3cc(C(C)(C)c4ccccc4)ccc32)c1.[CH3-].[Pt+4]. The Morgan fingerprint density at radius 1 is 0.485 bits per heavy atom. The summed E-state index contributed by atoms with van der Waals surface area (Å²) in [6.07, 6.45) is 1.91. The van der Waals surface area contributed by atoms with Crippen molar-refractivity contribution < 1.29 is 25.8 Å². The molecule has 0 saturated heterocycles. The van der Waals surface area contributed by atoms with E-state index in [1.807, 2.05) is 12.3 Å². The molecule has 5 nitrogen and oxygen atoms in total. The fourth-order valence-electron chi connectivity index (χ4n) is 9.03. The van der Waals surface area contributed by atoms with Gasteiger partial charge < -0.3 is 26.5 Å². The predicted octanol–water partition coefficient (Wildman–Crippen LogP) is 16.9. The molecule has 352 valence electrons. The van der Waals surface area contributed by atoms with Gasteiger partial charge in [0, 0.05) is 45.7 Å². The van der Waals surface area contributed by atoms with Crippen LogP contribution < -0.4 is 14.5 Å². The van der Waals surface area contributed by atoms with Crippen LogP contribution in [0.4, 0.5) is 22.7 Å². The maximum atomic E-state index is 6.91. The van der Waals surface area contributed by atoms with Crippen LogP contribution in [-0.2, 0) is 48.1 Å². The first-order valence-electron chi connectivity index (χ1n) is 23.4. The molecule has 6 heteroatoms. The second-order valence-electron chi connectivity index (χ2n) is 22.9. The molecule has 8 aromatic rings. The summed E-state index contributed by atoms with van der Waals surface area (Å²) in [6.45, 7) is 34.2. The Hall–Kier alpha value is -5.64. The zero-order valence-corrected chi connectivity index (χ0v) is 45.1. The fourth-order valence-corrected chi connectivity index (χ4v) is 9.03. The van der Waals surface area contributed by atoms with Crippen molar-refractivity contribution in [2.75, 3.05) is 9.80 Å². The molecule has 3 heterocycles. The third-order valence-electron chi connectivity index (χ3n) is 13.4. The van der Waals surface area contributed by atoms with E-state index in [1.165, 1.54) is 27.8 Å². The second-order valence-corrected chi connectivity index (χ2v) is 22.9. The number of benzene rings is 6. The predicted molar refractivity (Wildman–Crippen MR) is 284 cm³/mol. The van der Waals surface area contributed by atoms with E-state index in [4.69, 9.17) is 9.72 Å². The zero-order valence-electron chi connectivity index (χ0n) is 42.8. The number of ether oxygens (including phenoxy) is 1. The Labute approximate surface area is 421 Å². The smallest absolute Gasteiger partial charge is 0.509 e. The van der Waals surface area contributed by atoms with Crippen LogP contribution in [0.5, 0.6) is 11.5 Å². The fraction of sp³-hybridized carbons (Fsp3) is 0.306. The molecule has 1 aliphatic heterocycles. The third-order valence-corrected chi connectivity index (χ3v) is 13.4. The van der Waals surface area contributed by atoms with Crippen LogP contribution in [0, 0.1) is 26.2 Å². The molecule has 1 aliphatic rings. The quantitative estimate of drug-likeness (QED) is 0.149. The first kappa shape index (κ1) is 50.2. The Morgan fingerprint density at radius 2 is 1.10 bits per heavy atom. The molecule has 0 spiro atoms. The average molecular weight is 1080 g/mol. The second kappa shape index (κ2) is 18.0. The van der Waals surface area contributed by atoms with Gasteiger partial charge in [-0.3, -0.25) is 0 Å². The number of hydrogen-bond acceptors (Lipinski definition) is 4. The Morgan fingerprint density at radius 3 is 1.75 bits per heavy atom. The molecule has 0 saturated carbocycles. The van der Waals surface area contributed by atoms with Crippen LogP contribution in [0.1, 0.15) is 130 Å². The van der Waals surface area contributed by atoms with Gasteiger partial charge in [-0.15, -0.1) is 53.6 Å². The summed E-state index contributed by atoms with van der Waals surface area (Å²) >= 11 is 0. The normalized spacial score (nSPS) is 13.4. The summed E-state index contributed by atoms with van der Waals surface area (Å²) in [4.78, 5) is 9.57. The Balaban J connectivity index is 0.00000342. The Bertz CT molecular complexity index is 3080. The van der Waals surface area contributed by atoms with E-state index in [0.717, 1.165) is 55.9 Å². The maximum absolute atomic E-state index is 6.91. The van der Waals surface area contributed by atoms with Crippen molar-refractivity contribution in [1.82, 2.24) is 9.55 Å². The van der Waals surface area contributed by atoms with Gasteiger partial charge in [-0.1, -0.05) is 163 Å². The van der Waals surface area contributed by atoms with Crippen LogP contribution >= 0.6 is 0 Å². The molecule has 68 heavy (non-hydrogen) atoms. The van der Waals surface area contributed by atoms with E-state index in [2.05, 4.69) is 251 Å². The molecule has 6 aromatic carbocycles. The third kappa shape index (κ3) is 9.53. The van der Waals surface area contributed by atoms with Crippen molar-refractivity contribution in [3.05, 3.63) is 193 Å². The first-order chi connectivity index (χ1) is 31.0. The average Bonchev–Trinajstić information content (AvgIpc) is 3.81. The van der Waals surface area contributed by atoms with Gasteiger partial charge in [-0.2, -0.15) is 6.07 Å². The number of hydrogen-bond donors (Lipinski definition) is 0. The minimum Gasteiger partial charge on any atom is -0.509 e. The molecule has 0 bridgehead atoms. The van der Waals surface area contributed by atoms with Crippen LogP contribution in [-0.4, -0.2) is 9.55 Å². The molecule has 0 N–H and O–H groups in total. The van der Waals surface area contributed by atoms with Crippen LogP contribution in [0.3, 0.4) is 0 Å². The maximum Gasteiger partial charge on any atom is 4.00 e. The summed E-state index contributed by atoms with van der Waals surface area (Å²) < 4.78 is 9.12. The molecule has 9 rings (SSSR count). The van der Waals surface area contributed by atoms with E-state index in [9.17, 15) is 0 Å². The van der Waals surface area contributed by atoms with Gasteiger partial charge >= 0.3 is 21.1 Å². The van der Waals surface area contributed by atoms with Gasteiger partial charge in [-0.05, 0) is 97.3 Å². The van der Waals surface area contributed by atoms with Crippen molar-refractivity contribution in [3.8, 4) is 17.3 Å². The van der Waals surface area contributed by atoms with Crippen molar-refractivity contribution in [1.29, 1.82) is 0 Å². The van der Waals surface area contributed by atoms with E-state index in [0.29, 0.717) is 11.5 Å². The monoisotopic (exact) mass is 1080 g/mol. The molecule has 0 unspecified atom stereocenters. The summed E-state index contributed by atoms with van der Waals surface area (Å²) in [5, 5.41) is 2.24. The zero-order chi connectivity index (χ0) is 47.1. The summed E-state index contributed by atoms with van der Waals surface area (Å²) in [5.74, 6) is 2.10. The standard InChI is InChI=1S/C61H65N4O.CH3.Pt/c1-57(2,3)41-28-29-62-56(36-41)65-52-23-19-18-22-50(52)51-26-25-48(38-54(51)65)66-49-34-45(60(10,11)12)33-47(37-49)63-39-64(46-31-43(58(4,5)6)30-44(32-46)59(7,8)9)55-35-42(24-27-53(55)63)61(13,14)40-20-16-15-17-21-40;;/h15-36,39H,1-14H3;1H3;/q-3;-1;+4. The largest absolute Gasteiger partial charge is 4.00 e. The van der Waals surface area contributed by atoms with E-state index in [1.54, 1.807) is 0 Å². The van der Waals surface area contributed by atoms with Crippen LogP contribution in [0.25, 0.3) is 27.6 Å². The van der Waals surface area contributed by atoms with Gasteiger partial charge in [0.15, 0.2) is 0 Å². The van der Waals surface area contributed by atoms with Crippen LogP contribution in [0.15, 0.2) is 134 Å². The number of anilines is 4. The number of nitrogens with zero attached hydrogens (tertiary/aromatic N) is 4. The van der Waals surface area contributed by atoms with Crippen molar-refractivity contribution in [3.63, 3.8) is 0 Å². The minimum atomic E-state index is -0.229. The molecule has 0 amide bonds. The summed E-state index contributed by atoms with van der Waals surface area (Å²) in [6, 6.07) is 53.8. The van der Waals surface area contributed by atoms with Gasteiger partial charge in [0.05, 0.1) is 0 Å².